The van der Waals surface area contributed by atoms with Crippen molar-refractivity contribution in [2.75, 3.05) is 40.5 Å². The van der Waals surface area contributed by atoms with E-state index in [0.717, 1.165) is 44.1 Å². The number of amides is 3. The van der Waals surface area contributed by atoms with Crippen LogP contribution in [0.1, 0.15) is 78.7 Å². The van der Waals surface area contributed by atoms with Crippen LogP contribution in [-0.4, -0.2) is 105 Å². The van der Waals surface area contributed by atoms with Gasteiger partial charge in [0.15, 0.2) is 19.5 Å². The SMILES string of the molecule is [B]N1C[C@H](N(C(=O)c2ccc(OC)c(OCCCOC)c2)C(C)C)CC[C@@H]1CCN(C(=O)Cc1cccc(C(N)=O)c1)C1CC1. The number of nitrogens with zero attached hydrogens (tertiary/aromatic N) is 3. The number of carbonyl (C=O) groups excluding carboxylic acids is 3. The zero-order valence-corrected chi connectivity index (χ0v) is 27.1. The van der Waals surface area contributed by atoms with Gasteiger partial charge in [-0.15, -0.1) is 0 Å². The van der Waals surface area contributed by atoms with Gasteiger partial charge in [0.05, 0.1) is 20.1 Å². The van der Waals surface area contributed by atoms with Gasteiger partial charge in [-0.05, 0) is 87.9 Å². The molecule has 1 aliphatic heterocycles. The molecule has 1 aliphatic carbocycles. The van der Waals surface area contributed by atoms with E-state index in [2.05, 4.69) is 0 Å². The summed E-state index contributed by atoms with van der Waals surface area (Å²) in [5, 5.41) is 0. The topological polar surface area (TPSA) is 115 Å². The first-order chi connectivity index (χ1) is 21.6. The van der Waals surface area contributed by atoms with Crippen molar-refractivity contribution in [3.05, 3.63) is 59.2 Å². The molecule has 1 saturated heterocycles. The highest BCUT2D eigenvalue weighted by Gasteiger charge is 2.36. The number of ether oxygens (including phenoxy) is 3. The molecule has 0 spiro atoms. The molecule has 3 amide bonds. The van der Waals surface area contributed by atoms with Crippen LogP contribution in [0.2, 0.25) is 0 Å². The number of hydrogen-bond acceptors (Lipinski definition) is 7. The monoisotopic (exact) mass is 618 g/mol. The molecule has 1 heterocycles. The Balaban J connectivity index is 1.36. The third-order valence-corrected chi connectivity index (χ3v) is 8.65. The quantitative estimate of drug-likeness (QED) is 0.226. The molecule has 0 aromatic heterocycles. The van der Waals surface area contributed by atoms with Crippen LogP contribution in [0.25, 0.3) is 0 Å². The van der Waals surface area contributed by atoms with E-state index in [1.807, 2.05) is 34.5 Å². The molecular weight excluding hydrogens is 571 g/mol. The minimum absolute atomic E-state index is 0.0309. The summed E-state index contributed by atoms with van der Waals surface area (Å²) in [6, 6.07) is 12.5. The zero-order chi connectivity index (χ0) is 32.5. The zero-order valence-electron chi connectivity index (χ0n) is 27.1. The van der Waals surface area contributed by atoms with Crippen LogP contribution in [-0.2, 0) is 16.0 Å². The standard InChI is InChI=1S/C34H47BN4O6/c1-23(2)39(34(42)26-9-14-30(44-4)31(21-26)45-18-6-17-43-3)29-13-12-28(38(35)22-29)15-16-37(27-10-11-27)32(40)20-24-7-5-8-25(19-24)33(36)41/h5,7-9,14,19,21,23,27-29H,6,10-13,15-18,20,22H2,1-4H3,(H2,36,41)/t28-,29-/m1/s1. The Bertz CT molecular complexity index is 1320. The number of piperidine rings is 1. The summed E-state index contributed by atoms with van der Waals surface area (Å²) < 4.78 is 16.5. The van der Waals surface area contributed by atoms with Crippen molar-refractivity contribution in [2.45, 2.75) is 83.0 Å². The van der Waals surface area contributed by atoms with E-state index < -0.39 is 5.91 Å². The number of nitrogens with two attached hydrogens (primary N) is 1. The minimum atomic E-state index is -0.504. The second-order valence-corrected chi connectivity index (χ2v) is 12.3. The number of rotatable bonds is 16. The maximum Gasteiger partial charge on any atom is 0.254 e. The summed E-state index contributed by atoms with van der Waals surface area (Å²) >= 11 is 0. The van der Waals surface area contributed by atoms with Crippen molar-refractivity contribution < 1.29 is 28.6 Å². The molecule has 45 heavy (non-hydrogen) atoms. The fourth-order valence-corrected chi connectivity index (χ4v) is 6.15. The second-order valence-electron chi connectivity index (χ2n) is 12.3. The van der Waals surface area contributed by atoms with E-state index in [1.54, 1.807) is 50.6 Å². The van der Waals surface area contributed by atoms with Gasteiger partial charge in [-0.2, -0.15) is 0 Å². The summed E-state index contributed by atoms with van der Waals surface area (Å²) in [5.41, 5.74) is 7.14. The molecule has 0 bridgehead atoms. The van der Waals surface area contributed by atoms with Crippen molar-refractivity contribution in [1.29, 1.82) is 0 Å². The highest BCUT2D eigenvalue weighted by atomic mass is 16.5. The number of primary amides is 1. The van der Waals surface area contributed by atoms with Crippen LogP contribution in [0.15, 0.2) is 42.5 Å². The maximum absolute atomic E-state index is 13.9. The largest absolute Gasteiger partial charge is 0.493 e. The second kappa shape index (κ2) is 16.1. The molecule has 0 unspecified atom stereocenters. The van der Waals surface area contributed by atoms with Crippen LogP contribution in [0.4, 0.5) is 0 Å². The van der Waals surface area contributed by atoms with Crippen molar-refractivity contribution in [2.24, 2.45) is 5.73 Å². The van der Waals surface area contributed by atoms with E-state index in [1.165, 1.54) is 0 Å². The molecule has 2 atom stereocenters. The average molecular weight is 619 g/mol. The lowest BCUT2D eigenvalue weighted by Gasteiger charge is -2.44. The van der Waals surface area contributed by atoms with Crippen LogP contribution in [0.3, 0.4) is 0 Å². The summed E-state index contributed by atoms with van der Waals surface area (Å²) in [7, 11) is 9.84. The van der Waals surface area contributed by atoms with Crippen molar-refractivity contribution in [1.82, 2.24) is 14.6 Å². The minimum Gasteiger partial charge on any atom is -0.493 e. The Hall–Kier alpha value is -3.57. The van der Waals surface area contributed by atoms with Gasteiger partial charge in [0.25, 0.3) is 5.91 Å². The smallest absolute Gasteiger partial charge is 0.254 e. The molecule has 2 aliphatic rings. The van der Waals surface area contributed by atoms with E-state index >= 15 is 0 Å². The van der Waals surface area contributed by atoms with Crippen LogP contribution in [0.5, 0.6) is 11.5 Å². The van der Waals surface area contributed by atoms with E-state index in [9.17, 15) is 14.4 Å². The van der Waals surface area contributed by atoms with Crippen molar-refractivity contribution >= 4 is 25.7 Å². The third kappa shape index (κ3) is 9.23. The fourth-order valence-electron chi connectivity index (χ4n) is 6.15. The Morgan fingerprint density at radius 3 is 2.38 bits per heavy atom. The lowest BCUT2D eigenvalue weighted by atomic mass is 9.91. The first kappa shape index (κ1) is 34.3. The van der Waals surface area contributed by atoms with Crippen molar-refractivity contribution in [3.63, 3.8) is 0 Å². The summed E-state index contributed by atoms with van der Waals surface area (Å²) in [5.74, 6) is 0.581. The molecule has 2 N–H and O–H groups in total. The van der Waals surface area contributed by atoms with Gasteiger partial charge in [0.1, 0.15) is 0 Å². The van der Waals surface area contributed by atoms with Gasteiger partial charge in [0.2, 0.25) is 11.8 Å². The highest BCUT2D eigenvalue weighted by Crippen LogP contribution is 2.32. The Labute approximate surface area is 268 Å². The van der Waals surface area contributed by atoms with Gasteiger partial charge in [-0.25, -0.2) is 0 Å². The van der Waals surface area contributed by atoms with Gasteiger partial charge < -0.3 is 34.6 Å². The number of carbonyl (C=O) groups is 3. The predicted molar refractivity (Wildman–Crippen MR) is 174 cm³/mol. The van der Waals surface area contributed by atoms with Gasteiger partial charge in [0, 0.05) is 62.5 Å². The molecule has 1 saturated carbocycles. The molecule has 242 valence electrons. The lowest BCUT2D eigenvalue weighted by Crippen LogP contribution is -2.55. The molecule has 2 fully saturated rings. The Morgan fingerprint density at radius 1 is 0.978 bits per heavy atom. The number of methoxy groups -OCH3 is 2. The van der Waals surface area contributed by atoms with E-state index in [0.29, 0.717) is 48.9 Å². The Kier molecular flexibility index (Phi) is 12.3. The Morgan fingerprint density at radius 2 is 1.73 bits per heavy atom. The molecule has 2 aromatic carbocycles. The fraction of sp³-hybridized carbons (Fsp3) is 0.559. The normalized spacial score (nSPS) is 18.4. The van der Waals surface area contributed by atoms with Crippen LogP contribution >= 0.6 is 0 Å². The van der Waals surface area contributed by atoms with Crippen LogP contribution in [0, 0.1) is 0 Å². The van der Waals surface area contributed by atoms with Gasteiger partial charge >= 0.3 is 0 Å². The molecule has 2 aromatic rings. The number of benzene rings is 2. The number of hydrogen-bond donors (Lipinski definition) is 1. The lowest BCUT2D eigenvalue weighted by molar-refractivity contribution is -0.131. The predicted octanol–water partition coefficient (Wildman–Crippen LogP) is 3.60. The molecule has 4 rings (SSSR count). The molecule has 2 radical (unpaired) electrons. The summed E-state index contributed by atoms with van der Waals surface area (Å²) in [4.78, 5) is 44.5. The van der Waals surface area contributed by atoms with Crippen LogP contribution < -0.4 is 15.2 Å². The average Bonchev–Trinajstić information content (AvgIpc) is 3.85. The van der Waals surface area contributed by atoms with Gasteiger partial charge in [-0.3, -0.25) is 14.4 Å². The first-order valence-corrected chi connectivity index (χ1v) is 15.9. The first-order valence-electron chi connectivity index (χ1n) is 15.9. The summed E-state index contributed by atoms with van der Waals surface area (Å²) in [6.07, 6.45) is 5.35. The van der Waals surface area contributed by atoms with Crippen molar-refractivity contribution in [3.8, 4) is 11.5 Å². The van der Waals surface area contributed by atoms with E-state index in [-0.39, 0.29) is 42.4 Å². The summed E-state index contributed by atoms with van der Waals surface area (Å²) in [6.45, 7) is 6.25. The highest BCUT2D eigenvalue weighted by molar-refractivity contribution is 6.04. The van der Waals surface area contributed by atoms with Gasteiger partial charge in [-0.1, -0.05) is 12.1 Å². The molecule has 11 heteroatoms. The third-order valence-electron chi connectivity index (χ3n) is 8.65. The van der Waals surface area contributed by atoms with E-state index in [4.69, 9.17) is 27.9 Å². The molecular formula is C34H47BN4O6. The maximum atomic E-state index is 13.9. The molecule has 10 nitrogen and oxygen atoms in total.